The zero-order valence-electron chi connectivity index (χ0n) is 13.6. The highest BCUT2D eigenvalue weighted by molar-refractivity contribution is 5.42. The molecule has 1 aliphatic heterocycles. The molecule has 0 aromatic heterocycles. The van der Waals surface area contributed by atoms with Crippen LogP contribution in [0, 0.1) is 11.8 Å². The molecule has 1 aromatic rings. The Labute approximate surface area is 128 Å². The summed E-state index contributed by atoms with van der Waals surface area (Å²) in [5, 5.41) is 0. The van der Waals surface area contributed by atoms with Crippen molar-refractivity contribution in [3.05, 3.63) is 23.8 Å². The third-order valence-corrected chi connectivity index (χ3v) is 4.66. The smallest absolute Gasteiger partial charge is 0.123 e. The maximum atomic E-state index is 6.08. The zero-order chi connectivity index (χ0) is 15.4. The molecule has 1 heterocycles. The second-order valence-electron chi connectivity index (χ2n) is 6.15. The van der Waals surface area contributed by atoms with E-state index in [9.17, 15) is 0 Å². The molecule has 2 rings (SSSR count). The first-order chi connectivity index (χ1) is 10.1. The first-order valence-corrected chi connectivity index (χ1v) is 7.76. The van der Waals surface area contributed by atoms with Crippen LogP contribution >= 0.6 is 0 Å². The second kappa shape index (κ2) is 7.14. The number of benzene rings is 1. The molecule has 2 N–H and O–H groups in total. The number of rotatable bonds is 6. The lowest BCUT2D eigenvalue weighted by Gasteiger charge is -2.29. The number of methoxy groups -OCH3 is 2. The topological polar surface area (TPSA) is 47.7 Å². The van der Waals surface area contributed by atoms with E-state index in [1.807, 2.05) is 12.1 Å². The highest BCUT2D eigenvalue weighted by Gasteiger charge is 2.31. The van der Waals surface area contributed by atoms with Gasteiger partial charge in [0.05, 0.1) is 20.3 Å². The van der Waals surface area contributed by atoms with E-state index >= 15 is 0 Å². The summed E-state index contributed by atoms with van der Waals surface area (Å²) in [5.74, 6) is 3.22. The lowest BCUT2D eigenvalue weighted by molar-refractivity contribution is 0.226. The van der Waals surface area contributed by atoms with Crippen molar-refractivity contribution in [3.63, 3.8) is 0 Å². The van der Waals surface area contributed by atoms with Gasteiger partial charge in [-0.3, -0.25) is 4.90 Å². The zero-order valence-corrected chi connectivity index (χ0v) is 13.6. The molecule has 4 nitrogen and oxygen atoms in total. The number of hydrogen-bond acceptors (Lipinski definition) is 4. The van der Waals surface area contributed by atoms with Crippen molar-refractivity contribution in [2.75, 3.05) is 33.9 Å². The summed E-state index contributed by atoms with van der Waals surface area (Å²) in [4.78, 5) is 2.49. The molecule has 0 radical (unpaired) electrons. The molecular formula is C17H28N2O2. The molecule has 0 amide bonds. The minimum Gasteiger partial charge on any atom is -0.497 e. The van der Waals surface area contributed by atoms with Crippen molar-refractivity contribution in [3.8, 4) is 11.5 Å². The van der Waals surface area contributed by atoms with Gasteiger partial charge in [-0.05, 0) is 43.0 Å². The summed E-state index contributed by atoms with van der Waals surface area (Å²) >= 11 is 0. The number of nitrogens with zero attached hydrogens (tertiary/aromatic N) is 1. The molecule has 2 atom stereocenters. The average Bonchev–Trinajstić information content (AvgIpc) is 2.98. The van der Waals surface area contributed by atoms with Gasteiger partial charge in [-0.15, -0.1) is 0 Å². The van der Waals surface area contributed by atoms with E-state index in [4.69, 9.17) is 15.2 Å². The fourth-order valence-electron chi connectivity index (χ4n) is 3.22. The molecule has 0 bridgehead atoms. The molecule has 1 fully saturated rings. The van der Waals surface area contributed by atoms with Gasteiger partial charge in [0.2, 0.25) is 0 Å². The van der Waals surface area contributed by atoms with Crippen molar-refractivity contribution in [1.29, 1.82) is 0 Å². The van der Waals surface area contributed by atoms with Gasteiger partial charge in [0.25, 0.3) is 0 Å². The Kier molecular flexibility index (Phi) is 5.48. The summed E-state index contributed by atoms with van der Waals surface area (Å²) in [6.07, 6.45) is 1.25. The minimum atomic E-state index is 0.193. The summed E-state index contributed by atoms with van der Waals surface area (Å²) in [6.45, 7) is 7.41. The third kappa shape index (κ3) is 3.50. The third-order valence-electron chi connectivity index (χ3n) is 4.66. The number of hydrogen-bond donors (Lipinski definition) is 1. The Morgan fingerprint density at radius 2 is 2.05 bits per heavy atom. The molecule has 118 valence electrons. The molecular weight excluding hydrogens is 264 g/mol. The summed E-state index contributed by atoms with van der Waals surface area (Å²) in [6, 6.07) is 6.14. The van der Waals surface area contributed by atoms with Crippen LogP contribution in [0.25, 0.3) is 0 Å². The highest BCUT2D eigenvalue weighted by atomic mass is 16.5. The highest BCUT2D eigenvalue weighted by Crippen LogP contribution is 2.36. The Morgan fingerprint density at radius 3 is 2.57 bits per heavy atom. The first-order valence-electron chi connectivity index (χ1n) is 7.76. The van der Waals surface area contributed by atoms with Crippen LogP contribution in [-0.4, -0.2) is 38.8 Å². The molecule has 0 spiro atoms. The summed E-state index contributed by atoms with van der Waals surface area (Å²) in [7, 11) is 3.40. The maximum absolute atomic E-state index is 6.08. The van der Waals surface area contributed by atoms with Crippen molar-refractivity contribution >= 4 is 0 Å². The molecule has 1 aliphatic rings. The van der Waals surface area contributed by atoms with Crippen LogP contribution in [0.4, 0.5) is 0 Å². The molecule has 21 heavy (non-hydrogen) atoms. The Bertz CT molecular complexity index is 462. The SMILES string of the molecule is COc1ccc(OC)c(C(CN)N2CCC(C(C)C)C2)c1. The van der Waals surface area contributed by atoms with Crippen molar-refractivity contribution < 1.29 is 9.47 Å². The van der Waals surface area contributed by atoms with Crippen molar-refractivity contribution in [2.45, 2.75) is 26.3 Å². The predicted octanol–water partition coefficient (Wildman–Crippen LogP) is 2.68. The number of ether oxygens (including phenoxy) is 2. The molecule has 0 saturated carbocycles. The Hall–Kier alpha value is -1.26. The molecule has 4 heteroatoms. The van der Waals surface area contributed by atoms with Gasteiger partial charge >= 0.3 is 0 Å². The lowest BCUT2D eigenvalue weighted by Crippen LogP contribution is -2.32. The molecule has 1 saturated heterocycles. The predicted molar refractivity (Wildman–Crippen MR) is 85.9 cm³/mol. The van der Waals surface area contributed by atoms with Crippen LogP contribution in [0.1, 0.15) is 31.9 Å². The quantitative estimate of drug-likeness (QED) is 0.875. The maximum Gasteiger partial charge on any atom is 0.123 e. The Morgan fingerprint density at radius 1 is 1.29 bits per heavy atom. The number of likely N-dealkylation sites (tertiary alicyclic amines) is 1. The van der Waals surface area contributed by atoms with Crippen LogP contribution in [0.15, 0.2) is 18.2 Å². The average molecular weight is 292 g/mol. The molecule has 0 aliphatic carbocycles. The van der Waals surface area contributed by atoms with Crippen molar-refractivity contribution in [2.24, 2.45) is 17.6 Å². The van der Waals surface area contributed by atoms with Crippen LogP contribution in [-0.2, 0) is 0 Å². The van der Waals surface area contributed by atoms with Crippen LogP contribution in [0.5, 0.6) is 11.5 Å². The molecule has 2 unspecified atom stereocenters. The fraction of sp³-hybridized carbons (Fsp3) is 0.647. The van der Waals surface area contributed by atoms with Crippen LogP contribution in [0.3, 0.4) is 0 Å². The second-order valence-corrected chi connectivity index (χ2v) is 6.15. The van der Waals surface area contributed by atoms with E-state index in [0.717, 1.165) is 42.0 Å². The van der Waals surface area contributed by atoms with Crippen molar-refractivity contribution in [1.82, 2.24) is 4.90 Å². The standard InChI is InChI=1S/C17H28N2O2/c1-12(2)13-7-8-19(11-13)16(10-18)15-9-14(20-3)5-6-17(15)21-4/h5-6,9,12-13,16H,7-8,10-11,18H2,1-4H3. The lowest BCUT2D eigenvalue weighted by atomic mass is 9.95. The summed E-state index contributed by atoms with van der Waals surface area (Å²) in [5.41, 5.74) is 7.21. The van der Waals surface area contributed by atoms with Crippen LogP contribution < -0.4 is 15.2 Å². The molecule has 1 aromatic carbocycles. The first kappa shape index (κ1) is 16.1. The normalized spacial score (nSPS) is 20.8. The van der Waals surface area contributed by atoms with E-state index in [2.05, 4.69) is 24.8 Å². The largest absolute Gasteiger partial charge is 0.497 e. The van der Waals surface area contributed by atoms with Gasteiger partial charge in [0.1, 0.15) is 11.5 Å². The fourth-order valence-corrected chi connectivity index (χ4v) is 3.22. The van der Waals surface area contributed by atoms with E-state index in [1.165, 1.54) is 6.42 Å². The van der Waals surface area contributed by atoms with Gasteiger partial charge in [-0.2, -0.15) is 0 Å². The van der Waals surface area contributed by atoms with E-state index in [0.29, 0.717) is 6.54 Å². The van der Waals surface area contributed by atoms with E-state index in [-0.39, 0.29) is 6.04 Å². The number of nitrogens with two attached hydrogens (primary N) is 1. The van der Waals surface area contributed by atoms with E-state index < -0.39 is 0 Å². The van der Waals surface area contributed by atoms with Crippen LogP contribution in [0.2, 0.25) is 0 Å². The summed E-state index contributed by atoms with van der Waals surface area (Å²) < 4.78 is 10.9. The van der Waals surface area contributed by atoms with Gasteiger partial charge in [-0.1, -0.05) is 13.8 Å². The van der Waals surface area contributed by atoms with E-state index in [1.54, 1.807) is 14.2 Å². The minimum absolute atomic E-state index is 0.193. The monoisotopic (exact) mass is 292 g/mol. The van der Waals surface area contributed by atoms with Gasteiger partial charge in [0, 0.05) is 18.7 Å². The van der Waals surface area contributed by atoms with Gasteiger partial charge in [-0.25, -0.2) is 0 Å². The Balaban J connectivity index is 2.25. The van der Waals surface area contributed by atoms with Gasteiger partial charge in [0.15, 0.2) is 0 Å². The van der Waals surface area contributed by atoms with Gasteiger partial charge < -0.3 is 15.2 Å².